The highest BCUT2D eigenvalue weighted by atomic mass is 19.2. The van der Waals surface area contributed by atoms with Crippen molar-refractivity contribution in [1.29, 1.82) is 0 Å². The van der Waals surface area contributed by atoms with Crippen molar-refractivity contribution < 1.29 is 17.9 Å². The van der Waals surface area contributed by atoms with Crippen molar-refractivity contribution >= 4 is 0 Å². The van der Waals surface area contributed by atoms with Crippen LogP contribution in [0, 0.1) is 17.5 Å². The Bertz CT molecular complexity index is 779. The summed E-state index contributed by atoms with van der Waals surface area (Å²) in [5, 5.41) is 0. The van der Waals surface area contributed by atoms with Crippen LogP contribution in [0.2, 0.25) is 0 Å². The van der Waals surface area contributed by atoms with E-state index in [1.807, 2.05) is 6.92 Å². The number of rotatable bonds is 6. The zero-order chi connectivity index (χ0) is 19.4. The molecule has 3 rings (SSSR count). The van der Waals surface area contributed by atoms with E-state index in [2.05, 4.69) is 6.92 Å². The Balaban J connectivity index is 1.83. The molecule has 2 aromatic rings. The average molecular weight is 376 g/mol. The van der Waals surface area contributed by atoms with Crippen molar-refractivity contribution in [2.24, 2.45) is 0 Å². The second-order valence-electron chi connectivity index (χ2n) is 7.38. The molecule has 4 heteroatoms. The smallest absolute Gasteiger partial charge is 0.167 e. The maximum Gasteiger partial charge on any atom is 0.167 e. The van der Waals surface area contributed by atoms with E-state index in [0.717, 1.165) is 37.7 Å². The van der Waals surface area contributed by atoms with Crippen molar-refractivity contribution in [2.75, 3.05) is 6.61 Å². The van der Waals surface area contributed by atoms with Crippen LogP contribution in [0.25, 0.3) is 11.1 Å². The molecule has 1 nitrogen and oxygen atoms in total. The Kier molecular flexibility index (Phi) is 6.59. The van der Waals surface area contributed by atoms with Gasteiger partial charge in [-0.25, -0.2) is 13.2 Å². The van der Waals surface area contributed by atoms with E-state index in [1.165, 1.54) is 12.1 Å². The van der Waals surface area contributed by atoms with Crippen LogP contribution in [-0.2, 0) is 11.2 Å². The highest BCUT2D eigenvalue weighted by Crippen LogP contribution is 2.34. The molecular weight excluding hydrogens is 349 g/mol. The molecule has 1 aliphatic rings. The summed E-state index contributed by atoms with van der Waals surface area (Å²) in [5.41, 5.74) is 1.27. The highest BCUT2D eigenvalue weighted by molar-refractivity contribution is 5.66. The summed E-state index contributed by atoms with van der Waals surface area (Å²) in [6.07, 6.45) is 5.37. The SMILES string of the molecule is CCCCc1ccc(-c2ccc(C3CCC(CC)OC3)cc2F)c(F)c1F. The third-order valence-corrected chi connectivity index (χ3v) is 5.54. The van der Waals surface area contributed by atoms with E-state index in [1.54, 1.807) is 18.2 Å². The molecule has 0 bridgehead atoms. The summed E-state index contributed by atoms with van der Waals surface area (Å²) in [6.45, 7) is 4.67. The topological polar surface area (TPSA) is 9.23 Å². The van der Waals surface area contributed by atoms with Gasteiger partial charge in [-0.3, -0.25) is 0 Å². The molecule has 2 aromatic carbocycles. The monoisotopic (exact) mass is 376 g/mol. The first kappa shape index (κ1) is 19.9. The van der Waals surface area contributed by atoms with Gasteiger partial charge in [-0.1, -0.05) is 44.5 Å². The fourth-order valence-corrected chi connectivity index (χ4v) is 3.75. The first-order valence-corrected chi connectivity index (χ1v) is 9.93. The molecule has 1 heterocycles. The van der Waals surface area contributed by atoms with Crippen LogP contribution < -0.4 is 0 Å². The second kappa shape index (κ2) is 8.92. The molecule has 0 N–H and O–H groups in total. The summed E-state index contributed by atoms with van der Waals surface area (Å²) in [4.78, 5) is 0. The zero-order valence-electron chi connectivity index (χ0n) is 16.0. The molecule has 0 spiro atoms. The lowest BCUT2D eigenvalue weighted by molar-refractivity contribution is 0.00199. The number of hydrogen-bond acceptors (Lipinski definition) is 1. The average Bonchev–Trinajstić information content (AvgIpc) is 2.69. The van der Waals surface area contributed by atoms with Crippen molar-refractivity contribution in [3.63, 3.8) is 0 Å². The summed E-state index contributed by atoms with van der Waals surface area (Å²) in [7, 11) is 0. The molecule has 2 unspecified atom stereocenters. The fourth-order valence-electron chi connectivity index (χ4n) is 3.75. The molecule has 1 aliphatic heterocycles. The summed E-state index contributed by atoms with van der Waals surface area (Å²) in [5.74, 6) is -2.21. The molecule has 0 saturated carbocycles. The number of unbranched alkanes of at least 4 members (excludes halogenated alkanes) is 1. The third kappa shape index (κ3) is 4.37. The number of benzene rings is 2. The van der Waals surface area contributed by atoms with Gasteiger partial charge in [0, 0.05) is 17.0 Å². The molecule has 146 valence electrons. The Morgan fingerprint density at radius 3 is 2.37 bits per heavy atom. The summed E-state index contributed by atoms with van der Waals surface area (Å²) < 4.78 is 49.4. The molecular formula is C23H27F3O. The van der Waals surface area contributed by atoms with E-state index >= 15 is 0 Å². The minimum absolute atomic E-state index is 0.0252. The van der Waals surface area contributed by atoms with Crippen LogP contribution in [0.3, 0.4) is 0 Å². The molecule has 0 aromatic heterocycles. The van der Waals surface area contributed by atoms with E-state index in [0.29, 0.717) is 18.6 Å². The summed E-state index contributed by atoms with van der Waals surface area (Å²) in [6, 6.07) is 7.85. The van der Waals surface area contributed by atoms with E-state index in [9.17, 15) is 13.2 Å². The first-order valence-electron chi connectivity index (χ1n) is 9.93. The fraction of sp³-hybridized carbons (Fsp3) is 0.478. The Morgan fingerprint density at radius 1 is 0.963 bits per heavy atom. The quantitative estimate of drug-likeness (QED) is 0.539. The standard InChI is InChI=1S/C23H27F3O/c1-3-5-6-15-8-12-20(23(26)22(15)25)19-11-9-16(13-21(19)24)17-7-10-18(4-2)27-14-17/h8-9,11-13,17-18H,3-7,10,14H2,1-2H3. The molecule has 27 heavy (non-hydrogen) atoms. The Hall–Kier alpha value is -1.81. The number of ether oxygens (including phenoxy) is 1. The lowest BCUT2D eigenvalue weighted by Crippen LogP contribution is -2.24. The van der Waals surface area contributed by atoms with Gasteiger partial charge in [0.05, 0.1) is 12.7 Å². The normalized spacial score (nSPS) is 20.0. The maximum atomic E-state index is 14.7. The zero-order valence-corrected chi connectivity index (χ0v) is 16.0. The maximum absolute atomic E-state index is 14.7. The van der Waals surface area contributed by atoms with Gasteiger partial charge in [0.2, 0.25) is 0 Å². The first-order chi connectivity index (χ1) is 13.0. The van der Waals surface area contributed by atoms with Crippen LogP contribution in [-0.4, -0.2) is 12.7 Å². The lowest BCUT2D eigenvalue weighted by Gasteiger charge is -2.28. The van der Waals surface area contributed by atoms with Gasteiger partial charge in [-0.05, 0) is 49.3 Å². The van der Waals surface area contributed by atoms with E-state index < -0.39 is 17.5 Å². The molecule has 0 radical (unpaired) electrons. The van der Waals surface area contributed by atoms with Gasteiger partial charge in [-0.15, -0.1) is 0 Å². The van der Waals surface area contributed by atoms with Gasteiger partial charge in [-0.2, -0.15) is 0 Å². The van der Waals surface area contributed by atoms with Gasteiger partial charge >= 0.3 is 0 Å². The Labute approximate surface area is 159 Å². The van der Waals surface area contributed by atoms with Crippen LogP contribution in [0.4, 0.5) is 13.2 Å². The minimum atomic E-state index is -0.970. The predicted octanol–water partition coefficient (Wildman–Crippen LogP) is 6.79. The number of hydrogen-bond donors (Lipinski definition) is 0. The van der Waals surface area contributed by atoms with Gasteiger partial charge in [0.15, 0.2) is 11.6 Å². The van der Waals surface area contributed by atoms with Crippen molar-refractivity contribution in [2.45, 2.75) is 64.4 Å². The Morgan fingerprint density at radius 2 is 1.74 bits per heavy atom. The number of aryl methyl sites for hydroxylation is 1. The van der Waals surface area contributed by atoms with Crippen LogP contribution in [0.1, 0.15) is 63.0 Å². The van der Waals surface area contributed by atoms with Crippen molar-refractivity contribution in [3.8, 4) is 11.1 Å². The van der Waals surface area contributed by atoms with Crippen molar-refractivity contribution in [3.05, 3.63) is 58.9 Å². The van der Waals surface area contributed by atoms with Gasteiger partial charge in [0.1, 0.15) is 5.82 Å². The third-order valence-electron chi connectivity index (χ3n) is 5.54. The van der Waals surface area contributed by atoms with Gasteiger partial charge in [0.25, 0.3) is 0 Å². The molecule has 0 aliphatic carbocycles. The molecule has 1 saturated heterocycles. The summed E-state index contributed by atoms with van der Waals surface area (Å²) >= 11 is 0. The molecule has 2 atom stereocenters. The van der Waals surface area contributed by atoms with Crippen LogP contribution >= 0.6 is 0 Å². The van der Waals surface area contributed by atoms with Crippen LogP contribution in [0.15, 0.2) is 30.3 Å². The predicted molar refractivity (Wildman–Crippen MR) is 102 cm³/mol. The minimum Gasteiger partial charge on any atom is -0.378 e. The molecule has 0 amide bonds. The van der Waals surface area contributed by atoms with Crippen molar-refractivity contribution in [1.82, 2.24) is 0 Å². The van der Waals surface area contributed by atoms with Crippen LogP contribution in [0.5, 0.6) is 0 Å². The van der Waals surface area contributed by atoms with E-state index in [4.69, 9.17) is 4.74 Å². The van der Waals surface area contributed by atoms with E-state index in [-0.39, 0.29) is 23.1 Å². The lowest BCUT2D eigenvalue weighted by atomic mass is 9.89. The van der Waals surface area contributed by atoms with Gasteiger partial charge < -0.3 is 4.74 Å². The highest BCUT2D eigenvalue weighted by Gasteiger charge is 2.23. The largest absolute Gasteiger partial charge is 0.378 e. The number of halogens is 3. The second-order valence-corrected chi connectivity index (χ2v) is 7.38. The molecule has 1 fully saturated rings.